The van der Waals surface area contributed by atoms with E-state index < -0.39 is 10.0 Å². The first-order chi connectivity index (χ1) is 18.1. The van der Waals surface area contributed by atoms with Gasteiger partial charge in [-0.15, -0.1) is 0 Å². The highest BCUT2D eigenvalue weighted by molar-refractivity contribution is 7.89. The number of aryl methyl sites for hydroxylation is 3. The minimum Gasteiger partial charge on any atom is -0.497 e. The number of benzene rings is 2. The van der Waals surface area contributed by atoms with E-state index >= 15 is 0 Å². The lowest BCUT2D eigenvalue weighted by molar-refractivity contribution is -0.116. The standard InChI is InChI=1S/C28H37N5O4S/c1-20-16-25(37-5)17-21(2)28(20)38(35,36)32(4)13-12-27(34)30-23-6-8-24(9-7-23)33-14-10-22(11-15-33)26-18-31(3)19-29-26/h6-9,16-19,22H,10-15H2,1-5H3,(H,30,34). The number of rotatable bonds is 9. The van der Waals surface area contributed by atoms with E-state index in [0.29, 0.717) is 28.5 Å². The maximum Gasteiger partial charge on any atom is 0.243 e. The van der Waals surface area contributed by atoms with Crippen LogP contribution in [0.4, 0.5) is 11.4 Å². The Bertz CT molecular complexity index is 1350. The molecule has 10 heteroatoms. The van der Waals surface area contributed by atoms with Gasteiger partial charge in [-0.05, 0) is 74.2 Å². The average Bonchev–Trinajstić information content (AvgIpc) is 3.33. The predicted molar refractivity (Wildman–Crippen MR) is 149 cm³/mol. The molecule has 0 aliphatic carbocycles. The number of sulfonamides is 1. The van der Waals surface area contributed by atoms with Crippen LogP contribution in [0.2, 0.25) is 0 Å². The summed E-state index contributed by atoms with van der Waals surface area (Å²) in [4.78, 5) is 19.7. The number of anilines is 2. The Hall–Kier alpha value is -3.37. The number of methoxy groups -OCH3 is 1. The van der Waals surface area contributed by atoms with Crippen molar-refractivity contribution in [1.29, 1.82) is 0 Å². The molecular formula is C28H37N5O4S. The maximum absolute atomic E-state index is 13.2. The van der Waals surface area contributed by atoms with E-state index in [9.17, 15) is 13.2 Å². The molecular weight excluding hydrogens is 502 g/mol. The topological polar surface area (TPSA) is 96.8 Å². The number of piperidine rings is 1. The third kappa shape index (κ3) is 6.19. The lowest BCUT2D eigenvalue weighted by Crippen LogP contribution is -2.33. The van der Waals surface area contributed by atoms with Crippen molar-refractivity contribution >= 4 is 27.3 Å². The zero-order chi connectivity index (χ0) is 27.4. The summed E-state index contributed by atoms with van der Waals surface area (Å²) < 4.78 is 34.8. The van der Waals surface area contributed by atoms with Gasteiger partial charge in [0.2, 0.25) is 15.9 Å². The van der Waals surface area contributed by atoms with E-state index in [1.54, 1.807) is 33.1 Å². The molecule has 1 amide bonds. The molecule has 0 atom stereocenters. The second-order valence-electron chi connectivity index (χ2n) is 9.99. The highest BCUT2D eigenvalue weighted by Crippen LogP contribution is 2.30. The van der Waals surface area contributed by atoms with Crippen molar-refractivity contribution < 1.29 is 17.9 Å². The Labute approximate surface area is 225 Å². The van der Waals surface area contributed by atoms with Crippen molar-refractivity contribution in [2.45, 2.75) is 43.9 Å². The average molecular weight is 540 g/mol. The van der Waals surface area contributed by atoms with Crippen LogP contribution < -0.4 is 15.0 Å². The number of nitrogens with zero attached hydrogens (tertiary/aromatic N) is 4. The Morgan fingerprint density at radius 2 is 1.76 bits per heavy atom. The second-order valence-corrected chi connectivity index (χ2v) is 12.0. The van der Waals surface area contributed by atoms with Crippen molar-refractivity contribution in [3.05, 3.63) is 65.7 Å². The fourth-order valence-electron chi connectivity index (χ4n) is 5.03. The van der Waals surface area contributed by atoms with Gasteiger partial charge < -0.3 is 19.5 Å². The monoisotopic (exact) mass is 539 g/mol. The van der Waals surface area contributed by atoms with Crippen LogP contribution in [0.5, 0.6) is 5.75 Å². The van der Waals surface area contributed by atoms with E-state index in [2.05, 4.69) is 21.4 Å². The SMILES string of the molecule is COc1cc(C)c(S(=O)(=O)N(C)CCC(=O)Nc2ccc(N3CCC(c4cn(C)cn4)CC3)cc2)c(C)c1. The lowest BCUT2D eigenvalue weighted by atomic mass is 9.94. The number of ether oxygens (including phenoxy) is 1. The number of aromatic nitrogens is 2. The Morgan fingerprint density at radius 1 is 1.13 bits per heavy atom. The molecule has 9 nitrogen and oxygen atoms in total. The van der Waals surface area contributed by atoms with Crippen molar-refractivity contribution in [2.75, 3.05) is 44.0 Å². The molecule has 38 heavy (non-hydrogen) atoms. The van der Waals surface area contributed by atoms with Crippen LogP contribution in [0, 0.1) is 13.8 Å². The third-order valence-corrected chi connectivity index (χ3v) is 9.31. The zero-order valence-electron chi connectivity index (χ0n) is 22.8. The molecule has 1 fully saturated rings. The van der Waals surface area contributed by atoms with E-state index in [1.165, 1.54) is 11.4 Å². The fourth-order valence-corrected chi connectivity index (χ4v) is 6.60. The molecule has 1 saturated heterocycles. The van der Waals surface area contributed by atoms with Gasteiger partial charge in [-0.1, -0.05) is 0 Å². The normalized spacial score (nSPS) is 14.6. The van der Waals surface area contributed by atoms with Crippen LogP contribution in [0.25, 0.3) is 0 Å². The van der Waals surface area contributed by atoms with Gasteiger partial charge in [-0.2, -0.15) is 0 Å². The second kappa shape index (κ2) is 11.6. The molecule has 1 aliphatic heterocycles. The molecule has 1 aromatic heterocycles. The summed E-state index contributed by atoms with van der Waals surface area (Å²) in [6.07, 6.45) is 6.12. The minimum absolute atomic E-state index is 0.0484. The predicted octanol–water partition coefficient (Wildman–Crippen LogP) is 4.08. The Kier molecular flexibility index (Phi) is 8.42. The fraction of sp³-hybridized carbons (Fsp3) is 0.429. The van der Waals surface area contributed by atoms with Crippen LogP contribution in [0.15, 0.2) is 53.8 Å². The van der Waals surface area contributed by atoms with Gasteiger partial charge in [0, 0.05) is 63.6 Å². The summed E-state index contributed by atoms with van der Waals surface area (Å²) >= 11 is 0. The van der Waals surface area contributed by atoms with E-state index in [4.69, 9.17) is 4.74 Å². The lowest BCUT2D eigenvalue weighted by Gasteiger charge is -2.33. The van der Waals surface area contributed by atoms with Gasteiger partial charge in [0.25, 0.3) is 0 Å². The molecule has 0 saturated carbocycles. The third-order valence-electron chi connectivity index (χ3n) is 7.15. The summed E-state index contributed by atoms with van der Waals surface area (Å²) in [7, 11) is 1.30. The zero-order valence-corrected chi connectivity index (χ0v) is 23.6. The van der Waals surface area contributed by atoms with Gasteiger partial charge in [0.15, 0.2) is 0 Å². The number of carbonyl (C=O) groups excluding carboxylic acids is 1. The summed E-state index contributed by atoms with van der Waals surface area (Å²) in [6.45, 7) is 5.48. The maximum atomic E-state index is 13.2. The van der Waals surface area contributed by atoms with Crippen LogP contribution >= 0.6 is 0 Å². The van der Waals surface area contributed by atoms with Gasteiger partial charge in [0.1, 0.15) is 5.75 Å². The number of hydrogen-bond donors (Lipinski definition) is 1. The first-order valence-electron chi connectivity index (χ1n) is 12.8. The van der Waals surface area contributed by atoms with Crippen LogP contribution in [0.3, 0.4) is 0 Å². The summed E-state index contributed by atoms with van der Waals surface area (Å²) in [6, 6.07) is 11.2. The Balaban J connectivity index is 1.29. The van der Waals surface area contributed by atoms with E-state index in [0.717, 1.165) is 37.3 Å². The number of amides is 1. The van der Waals surface area contributed by atoms with Crippen LogP contribution in [-0.2, 0) is 21.9 Å². The summed E-state index contributed by atoms with van der Waals surface area (Å²) in [5.41, 5.74) is 4.20. The smallest absolute Gasteiger partial charge is 0.243 e. The van der Waals surface area contributed by atoms with Gasteiger partial charge in [-0.25, -0.2) is 17.7 Å². The van der Waals surface area contributed by atoms with Crippen LogP contribution in [0.1, 0.15) is 42.0 Å². The molecule has 2 heterocycles. The molecule has 0 spiro atoms. The molecule has 0 unspecified atom stereocenters. The molecule has 1 N–H and O–H groups in total. The highest BCUT2D eigenvalue weighted by atomic mass is 32.2. The van der Waals surface area contributed by atoms with Gasteiger partial charge in [-0.3, -0.25) is 4.79 Å². The van der Waals surface area contributed by atoms with Crippen molar-refractivity contribution in [3.63, 3.8) is 0 Å². The summed E-state index contributed by atoms with van der Waals surface area (Å²) in [5.74, 6) is 0.866. The molecule has 2 aromatic carbocycles. The first-order valence-corrected chi connectivity index (χ1v) is 14.3. The van der Waals surface area contributed by atoms with Crippen molar-refractivity contribution in [1.82, 2.24) is 13.9 Å². The number of nitrogens with one attached hydrogen (secondary N) is 1. The number of imidazole rings is 1. The van der Waals surface area contributed by atoms with E-state index in [1.807, 2.05) is 42.2 Å². The van der Waals surface area contributed by atoms with Crippen molar-refractivity contribution in [2.24, 2.45) is 7.05 Å². The molecule has 4 rings (SSSR count). The van der Waals surface area contributed by atoms with Crippen LogP contribution in [-0.4, -0.2) is 62.0 Å². The molecule has 3 aromatic rings. The molecule has 0 radical (unpaired) electrons. The molecule has 0 bridgehead atoms. The first kappa shape index (κ1) is 27.7. The van der Waals surface area contributed by atoms with Gasteiger partial charge >= 0.3 is 0 Å². The van der Waals surface area contributed by atoms with Crippen molar-refractivity contribution in [3.8, 4) is 5.75 Å². The summed E-state index contributed by atoms with van der Waals surface area (Å²) in [5, 5.41) is 2.88. The molecule has 1 aliphatic rings. The highest BCUT2D eigenvalue weighted by Gasteiger charge is 2.26. The Morgan fingerprint density at radius 3 is 2.32 bits per heavy atom. The number of carbonyl (C=O) groups is 1. The van der Waals surface area contributed by atoms with E-state index in [-0.39, 0.29) is 23.8 Å². The largest absolute Gasteiger partial charge is 0.497 e. The minimum atomic E-state index is -3.75. The quantitative estimate of drug-likeness (QED) is 0.440. The number of hydrogen-bond acceptors (Lipinski definition) is 6. The van der Waals surface area contributed by atoms with Gasteiger partial charge in [0.05, 0.1) is 24.0 Å². The molecule has 204 valence electrons.